The van der Waals surface area contributed by atoms with Gasteiger partial charge in [0.25, 0.3) is 0 Å². The average molecular weight is 323 g/mol. The second-order valence-electron chi connectivity index (χ2n) is 4.55. The molecule has 1 aromatic rings. The molecule has 0 radical (unpaired) electrons. The van der Waals surface area contributed by atoms with Gasteiger partial charge >= 0.3 is 15.6 Å². The molecule has 0 saturated heterocycles. The van der Waals surface area contributed by atoms with Crippen LogP contribution in [0.25, 0.3) is 0 Å². The van der Waals surface area contributed by atoms with Gasteiger partial charge in [-0.2, -0.15) is 21.6 Å². The van der Waals surface area contributed by atoms with E-state index in [1.54, 1.807) is 0 Å². The average Bonchev–Trinajstić information content (AvgIpc) is 2.35. The van der Waals surface area contributed by atoms with Gasteiger partial charge in [-0.1, -0.05) is 0 Å². The molecule has 5 nitrogen and oxygen atoms in total. The Labute approximate surface area is 119 Å². The van der Waals surface area contributed by atoms with E-state index in [9.17, 15) is 26.4 Å². The predicted octanol–water partition coefficient (Wildman–Crippen LogP) is 2.21. The second-order valence-corrected chi connectivity index (χ2v) is 6.09. The van der Waals surface area contributed by atoms with Crippen LogP contribution in [0.3, 0.4) is 0 Å². The van der Waals surface area contributed by atoms with E-state index in [-0.39, 0.29) is 5.91 Å². The summed E-state index contributed by atoms with van der Waals surface area (Å²) in [5, 5.41) is 0. The maximum Gasteiger partial charge on any atom is 0.534 e. The number of alkyl halides is 3. The number of rotatable bonds is 2. The van der Waals surface area contributed by atoms with Crippen molar-refractivity contribution in [1.82, 2.24) is 0 Å². The van der Waals surface area contributed by atoms with Crippen LogP contribution in [0, 0.1) is 0 Å². The Morgan fingerprint density at radius 3 is 2.57 bits per heavy atom. The van der Waals surface area contributed by atoms with E-state index in [1.807, 2.05) is 0 Å². The monoisotopic (exact) mass is 323 g/mol. The molecule has 0 aliphatic carbocycles. The summed E-state index contributed by atoms with van der Waals surface area (Å²) in [6, 6.07) is 3.70. The zero-order valence-corrected chi connectivity index (χ0v) is 11.8. The van der Waals surface area contributed by atoms with Crippen molar-refractivity contribution in [1.29, 1.82) is 0 Å². The Morgan fingerprint density at radius 1 is 1.33 bits per heavy atom. The lowest BCUT2D eigenvalue weighted by Crippen LogP contribution is -2.33. The molecule has 116 valence electrons. The van der Waals surface area contributed by atoms with Gasteiger partial charge in [-0.05, 0) is 36.6 Å². The molecule has 0 bridgehead atoms. The van der Waals surface area contributed by atoms with E-state index in [0.29, 0.717) is 30.6 Å². The normalized spacial score (nSPS) is 15.5. The third kappa shape index (κ3) is 3.12. The van der Waals surface area contributed by atoms with Gasteiger partial charge in [-0.25, -0.2) is 0 Å². The lowest BCUT2D eigenvalue weighted by molar-refractivity contribution is -0.116. The fourth-order valence-corrected chi connectivity index (χ4v) is 2.58. The minimum Gasteiger partial charge on any atom is -0.376 e. The number of aryl methyl sites for hydroxylation is 1. The standard InChI is InChI=1S/C12H12F3NO4S/c1-8(17)16-6-2-3-9-7-10(4-5-11(9)16)20-21(18,19)12(13,14)15/h4-5,7H,2-3,6H2,1H3. The van der Waals surface area contributed by atoms with Crippen molar-refractivity contribution >= 4 is 21.7 Å². The van der Waals surface area contributed by atoms with Gasteiger partial charge in [-0.15, -0.1) is 0 Å². The first-order valence-corrected chi connectivity index (χ1v) is 7.44. The summed E-state index contributed by atoms with van der Waals surface area (Å²) in [5.74, 6) is -0.607. The second kappa shape index (κ2) is 5.21. The number of benzene rings is 1. The molecule has 0 saturated carbocycles. The van der Waals surface area contributed by atoms with Gasteiger partial charge < -0.3 is 9.08 Å². The number of carbonyl (C=O) groups excluding carboxylic acids is 1. The van der Waals surface area contributed by atoms with E-state index in [0.717, 1.165) is 6.07 Å². The Hall–Kier alpha value is -1.77. The Bertz CT molecular complexity index is 670. The molecule has 21 heavy (non-hydrogen) atoms. The van der Waals surface area contributed by atoms with E-state index in [4.69, 9.17) is 0 Å². The van der Waals surface area contributed by atoms with Crippen LogP contribution in [0.1, 0.15) is 18.9 Å². The summed E-state index contributed by atoms with van der Waals surface area (Å²) in [6.07, 6.45) is 1.17. The molecule has 0 atom stereocenters. The molecule has 0 aromatic heterocycles. The Balaban J connectivity index is 2.33. The van der Waals surface area contributed by atoms with E-state index in [2.05, 4.69) is 4.18 Å². The number of hydrogen-bond acceptors (Lipinski definition) is 4. The maximum atomic E-state index is 12.3. The molecule has 1 heterocycles. The fraction of sp³-hybridized carbons (Fsp3) is 0.417. The summed E-state index contributed by atoms with van der Waals surface area (Å²) >= 11 is 0. The number of anilines is 1. The number of fused-ring (bicyclic) bond motifs is 1. The van der Waals surface area contributed by atoms with Crippen LogP contribution >= 0.6 is 0 Å². The largest absolute Gasteiger partial charge is 0.534 e. The summed E-state index contributed by atoms with van der Waals surface area (Å²) in [7, 11) is -5.69. The minimum absolute atomic E-state index is 0.187. The summed E-state index contributed by atoms with van der Waals surface area (Å²) in [4.78, 5) is 12.9. The quantitative estimate of drug-likeness (QED) is 0.618. The number of hydrogen-bond donors (Lipinski definition) is 0. The van der Waals surface area contributed by atoms with Gasteiger partial charge in [0, 0.05) is 19.2 Å². The van der Waals surface area contributed by atoms with Crippen LogP contribution in [0.2, 0.25) is 0 Å². The van der Waals surface area contributed by atoms with Gasteiger partial charge in [0.1, 0.15) is 5.75 Å². The zero-order chi connectivity index (χ0) is 15.8. The molecular formula is C12H12F3NO4S. The van der Waals surface area contributed by atoms with Crippen molar-refractivity contribution in [3.63, 3.8) is 0 Å². The molecule has 0 fully saturated rings. The first-order chi connectivity index (χ1) is 9.62. The van der Waals surface area contributed by atoms with Gasteiger partial charge in [0.05, 0.1) is 0 Å². The highest BCUT2D eigenvalue weighted by molar-refractivity contribution is 7.88. The minimum atomic E-state index is -5.69. The van der Waals surface area contributed by atoms with Crippen molar-refractivity contribution < 1.29 is 30.6 Å². The molecule has 0 unspecified atom stereocenters. The number of halogens is 3. The Morgan fingerprint density at radius 2 is 2.00 bits per heavy atom. The van der Waals surface area contributed by atoms with Crippen molar-refractivity contribution in [3.05, 3.63) is 23.8 Å². The maximum absolute atomic E-state index is 12.3. The summed E-state index contributed by atoms with van der Waals surface area (Å²) < 4.78 is 62.8. The van der Waals surface area contributed by atoms with Crippen molar-refractivity contribution in [2.75, 3.05) is 11.4 Å². The van der Waals surface area contributed by atoms with E-state index >= 15 is 0 Å². The first-order valence-electron chi connectivity index (χ1n) is 6.03. The molecule has 0 N–H and O–H groups in total. The molecule has 1 aliphatic rings. The van der Waals surface area contributed by atoms with Gasteiger partial charge in [0.15, 0.2) is 0 Å². The number of amides is 1. The first kappa shape index (κ1) is 15.6. The smallest absolute Gasteiger partial charge is 0.376 e. The fourth-order valence-electron chi connectivity index (χ4n) is 2.13. The van der Waals surface area contributed by atoms with Crippen molar-refractivity contribution in [3.8, 4) is 5.75 Å². The highest BCUT2D eigenvalue weighted by Crippen LogP contribution is 2.33. The molecule has 1 amide bonds. The lowest BCUT2D eigenvalue weighted by atomic mass is 10.0. The summed E-state index contributed by atoms with van der Waals surface area (Å²) in [6.45, 7) is 1.90. The van der Waals surface area contributed by atoms with Crippen molar-refractivity contribution in [2.45, 2.75) is 25.3 Å². The van der Waals surface area contributed by atoms with Gasteiger partial charge in [-0.3, -0.25) is 4.79 Å². The van der Waals surface area contributed by atoms with Crippen LogP contribution in [0.5, 0.6) is 5.75 Å². The van der Waals surface area contributed by atoms with E-state index < -0.39 is 21.4 Å². The predicted molar refractivity (Wildman–Crippen MR) is 68.4 cm³/mol. The SMILES string of the molecule is CC(=O)N1CCCc2cc(OS(=O)(=O)C(F)(F)F)ccc21. The van der Waals surface area contributed by atoms with Crippen LogP contribution in [-0.4, -0.2) is 26.4 Å². The third-order valence-electron chi connectivity index (χ3n) is 3.04. The van der Waals surface area contributed by atoms with Crippen LogP contribution < -0.4 is 9.08 Å². The number of nitrogens with zero attached hydrogens (tertiary/aromatic N) is 1. The van der Waals surface area contributed by atoms with Crippen molar-refractivity contribution in [2.24, 2.45) is 0 Å². The summed E-state index contributed by atoms with van der Waals surface area (Å²) in [5.41, 5.74) is -4.34. The zero-order valence-electron chi connectivity index (χ0n) is 11.0. The van der Waals surface area contributed by atoms with Crippen LogP contribution in [0.15, 0.2) is 18.2 Å². The molecule has 0 spiro atoms. The highest BCUT2D eigenvalue weighted by Gasteiger charge is 2.48. The molecule has 2 rings (SSSR count). The molecule has 1 aliphatic heterocycles. The third-order valence-corrected chi connectivity index (χ3v) is 4.02. The Kier molecular flexibility index (Phi) is 3.87. The van der Waals surface area contributed by atoms with Crippen LogP contribution in [0.4, 0.5) is 18.9 Å². The highest BCUT2D eigenvalue weighted by atomic mass is 32.2. The molecule has 9 heteroatoms. The molecular weight excluding hydrogens is 311 g/mol. The number of carbonyl (C=O) groups is 1. The molecule has 1 aromatic carbocycles. The lowest BCUT2D eigenvalue weighted by Gasteiger charge is -2.28. The van der Waals surface area contributed by atoms with Gasteiger partial charge in [0.2, 0.25) is 5.91 Å². The topological polar surface area (TPSA) is 63.7 Å². The van der Waals surface area contributed by atoms with Crippen LogP contribution in [-0.2, 0) is 21.3 Å². The van der Waals surface area contributed by atoms with E-state index in [1.165, 1.54) is 24.0 Å².